The van der Waals surface area contributed by atoms with Gasteiger partial charge in [-0.3, -0.25) is 0 Å². The second-order valence-electron chi connectivity index (χ2n) is 1.44. The van der Waals surface area contributed by atoms with Crippen molar-refractivity contribution in [3.05, 3.63) is 0 Å². The third-order valence-electron chi connectivity index (χ3n) is 0.463. The molecule has 0 aromatic carbocycles. The van der Waals surface area contributed by atoms with Crippen molar-refractivity contribution in [2.45, 2.75) is 16.8 Å². The Bertz CT molecular complexity index is 53.2. The van der Waals surface area contributed by atoms with Gasteiger partial charge >= 0.3 is 0 Å². The fourth-order valence-corrected chi connectivity index (χ4v) is 1.33. The van der Waals surface area contributed by atoms with Gasteiger partial charge in [0, 0.05) is 4.87 Å². The smallest absolute Gasteiger partial charge is 0.197 e. The highest BCUT2D eigenvalue weighted by molar-refractivity contribution is 7.82. The summed E-state index contributed by atoms with van der Waals surface area (Å²) in [6, 6.07) is 0. The van der Waals surface area contributed by atoms with Crippen molar-refractivity contribution < 1.29 is 4.43 Å². The van der Waals surface area contributed by atoms with Crippen molar-refractivity contribution in [1.82, 2.24) is 0 Å². The summed E-state index contributed by atoms with van der Waals surface area (Å²) < 4.78 is 4.90. The Morgan fingerprint density at radius 2 is 2.12 bits per heavy atom. The average Bonchev–Trinajstić information content (AvgIpc) is 1.61. The fraction of sp³-hybridized carbons (Fsp3) is 1.00. The van der Waals surface area contributed by atoms with E-state index in [2.05, 4.69) is 12.6 Å². The van der Waals surface area contributed by atoms with Crippen molar-refractivity contribution in [2.75, 3.05) is 0 Å². The van der Waals surface area contributed by atoms with Crippen LogP contribution in [0.15, 0.2) is 0 Å². The number of hydrogen-bond donors (Lipinski definition) is 1. The molecule has 0 aromatic heterocycles. The van der Waals surface area contributed by atoms with Gasteiger partial charge in [-0.2, -0.15) is 12.6 Å². The first-order chi connectivity index (χ1) is 3.63. The van der Waals surface area contributed by atoms with E-state index in [1.54, 1.807) is 0 Å². The van der Waals surface area contributed by atoms with Gasteiger partial charge in [0.2, 0.25) is 0 Å². The lowest BCUT2D eigenvalue weighted by atomic mass is 11.0. The SMILES string of the molecule is CC(S)[SiH2]OC(Cl)Cl. The molecule has 0 aliphatic heterocycles. The molecule has 0 spiro atoms. The van der Waals surface area contributed by atoms with Gasteiger partial charge in [0.1, 0.15) is 0 Å². The highest BCUT2D eigenvalue weighted by Crippen LogP contribution is 2.03. The van der Waals surface area contributed by atoms with E-state index in [4.69, 9.17) is 27.6 Å². The summed E-state index contributed by atoms with van der Waals surface area (Å²) in [6.07, 6.45) is 0. The summed E-state index contributed by atoms with van der Waals surface area (Å²) in [7, 11) is -0.601. The molecule has 5 heteroatoms. The van der Waals surface area contributed by atoms with Gasteiger partial charge in [-0.15, -0.1) is 0 Å². The Morgan fingerprint density at radius 1 is 1.62 bits per heavy atom. The minimum absolute atomic E-state index is 0.329. The van der Waals surface area contributed by atoms with Gasteiger partial charge in [0.25, 0.3) is 0 Å². The highest BCUT2D eigenvalue weighted by Gasteiger charge is 2.00. The van der Waals surface area contributed by atoms with Crippen LogP contribution in [0, 0.1) is 0 Å². The number of halogens is 2. The van der Waals surface area contributed by atoms with Crippen molar-refractivity contribution in [3.63, 3.8) is 0 Å². The third kappa shape index (κ3) is 7.11. The molecule has 0 saturated carbocycles. The summed E-state index contributed by atoms with van der Waals surface area (Å²) in [4.78, 5) is 0.329. The van der Waals surface area contributed by atoms with Crippen LogP contribution in [0.3, 0.4) is 0 Å². The number of rotatable bonds is 3. The molecule has 0 radical (unpaired) electrons. The lowest BCUT2D eigenvalue weighted by Crippen LogP contribution is -2.11. The Labute approximate surface area is 67.0 Å². The predicted octanol–water partition coefficient (Wildman–Crippen LogP) is 1.12. The third-order valence-corrected chi connectivity index (χ3v) is 2.59. The van der Waals surface area contributed by atoms with Crippen molar-refractivity contribution in [3.8, 4) is 0 Å². The standard InChI is InChI=1S/C3H8Cl2OSSi/c1-2(7)8-6-3(4)5/h2-3,7H,8H2,1H3. The number of hydrogen-bond acceptors (Lipinski definition) is 2. The maximum Gasteiger partial charge on any atom is 0.197 e. The summed E-state index contributed by atoms with van der Waals surface area (Å²) in [5.41, 5.74) is 0. The van der Waals surface area contributed by atoms with Gasteiger partial charge < -0.3 is 4.43 Å². The van der Waals surface area contributed by atoms with E-state index in [1.807, 2.05) is 6.92 Å². The minimum Gasteiger partial charge on any atom is -0.396 e. The molecule has 0 N–H and O–H groups in total. The van der Waals surface area contributed by atoms with Crippen molar-refractivity contribution in [2.24, 2.45) is 0 Å². The Kier molecular flexibility index (Phi) is 5.62. The van der Waals surface area contributed by atoms with E-state index in [0.29, 0.717) is 4.87 Å². The maximum absolute atomic E-state index is 5.27. The second kappa shape index (κ2) is 4.94. The van der Waals surface area contributed by atoms with E-state index in [9.17, 15) is 0 Å². The topological polar surface area (TPSA) is 9.23 Å². The zero-order valence-corrected chi connectivity index (χ0v) is 8.29. The van der Waals surface area contributed by atoms with Gasteiger partial charge in [-0.05, 0) is 0 Å². The second-order valence-corrected chi connectivity index (χ2v) is 5.92. The monoisotopic (exact) mass is 190 g/mol. The quantitative estimate of drug-likeness (QED) is 0.399. The van der Waals surface area contributed by atoms with Gasteiger partial charge in [-0.25, -0.2) is 0 Å². The zero-order chi connectivity index (χ0) is 6.57. The molecule has 0 rings (SSSR count). The molecule has 0 heterocycles. The van der Waals surface area contributed by atoms with Crippen LogP contribution in [0.25, 0.3) is 0 Å². The normalized spacial score (nSPS) is 16.1. The molecule has 1 atom stereocenters. The van der Waals surface area contributed by atoms with Gasteiger partial charge in [0.05, 0.1) is 0 Å². The van der Waals surface area contributed by atoms with E-state index in [1.165, 1.54) is 0 Å². The molecular formula is C3H8Cl2OSSi. The molecule has 0 aromatic rings. The van der Waals surface area contributed by atoms with E-state index in [-0.39, 0.29) is 0 Å². The molecule has 50 valence electrons. The summed E-state index contributed by atoms with van der Waals surface area (Å²) in [5.74, 6) is 0. The molecule has 0 aliphatic carbocycles. The number of alkyl halides is 2. The molecule has 0 saturated heterocycles. The molecule has 0 fully saturated rings. The molecule has 0 amide bonds. The molecule has 0 aliphatic rings. The Hall–Kier alpha value is 1.11. The van der Waals surface area contributed by atoms with Crippen molar-refractivity contribution >= 4 is 45.6 Å². The summed E-state index contributed by atoms with van der Waals surface area (Å²) >= 11 is 14.6. The lowest BCUT2D eigenvalue weighted by molar-refractivity contribution is 0.375. The molecule has 8 heavy (non-hydrogen) atoms. The van der Waals surface area contributed by atoms with Crippen LogP contribution in [0.2, 0.25) is 0 Å². The lowest BCUT2D eigenvalue weighted by Gasteiger charge is -2.04. The van der Waals surface area contributed by atoms with E-state index < -0.39 is 14.8 Å². The first kappa shape index (κ1) is 9.11. The van der Waals surface area contributed by atoms with Crippen LogP contribution in [0.1, 0.15) is 6.92 Å². The average molecular weight is 191 g/mol. The van der Waals surface area contributed by atoms with E-state index in [0.717, 1.165) is 0 Å². The predicted molar refractivity (Wildman–Crippen MR) is 43.6 cm³/mol. The largest absolute Gasteiger partial charge is 0.396 e. The van der Waals surface area contributed by atoms with Crippen LogP contribution in [-0.2, 0) is 4.43 Å². The minimum atomic E-state index is -0.656. The fourth-order valence-electron chi connectivity index (χ4n) is 0.212. The van der Waals surface area contributed by atoms with Crippen LogP contribution < -0.4 is 0 Å². The molecule has 1 unspecified atom stereocenters. The van der Waals surface area contributed by atoms with E-state index >= 15 is 0 Å². The molecule has 1 nitrogen and oxygen atoms in total. The van der Waals surface area contributed by atoms with Crippen molar-refractivity contribution in [1.29, 1.82) is 0 Å². The van der Waals surface area contributed by atoms with Gasteiger partial charge in [-0.1, -0.05) is 30.1 Å². The van der Waals surface area contributed by atoms with Crippen LogP contribution in [-0.4, -0.2) is 19.7 Å². The highest BCUT2D eigenvalue weighted by atomic mass is 35.5. The Balaban J connectivity index is 2.93. The first-order valence-electron chi connectivity index (χ1n) is 2.20. The number of thiol groups is 1. The van der Waals surface area contributed by atoms with Gasteiger partial charge in [0.15, 0.2) is 14.8 Å². The van der Waals surface area contributed by atoms with Crippen LogP contribution >= 0.6 is 35.8 Å². The summed E-state index contributed by atoms with van der Waals surface area (Å²) in [5, 5.41) is -0.656. The maximum atomic E-state index is 5.27. The molecular weight excluding hydrogens is 183 g/mol. The summed E-state index contributed by atoms with van der Waals surface area (Å²) in [6.45, 7) is 1.96. The Morgan fingerprint density at radius 3 is 2.25 bits per heavy atom. The zero-order valence-electron chi connectivity index (χ0n) is 4.47. The first-order valence-corrected chi connectivity index (χ1v) is 4.99. The van der Waals surface area contributed by atoms with Crippen LogP contribution in [0.4, 0.5) is 0 Å². The molecule has 0 bridgehead atoms. The van der Waals surface area contributed by atoms with Crippen LogP contribution in [0.5, 0.6) is 0 Å².